The zero-order valence-electron chi connectivity index (χ0n) is 8.78. The van der Waals surface area contributed by atoms with Crippen molar-refractivity contribution in [1.29, 1.82) is 0 Å². The summed E-state index contributed by atoms with van der Waals surface area (Å²) in [4.78, 5) is 11.7. The Balaban J connectivity index is 2.30. The molecule has 1 aliphatic carbocycles. The fourth-order valence-corrected chi connectivity index (χ4v) is 4.57. The van der Waals surface area contributed by atoms with Gasteiger partial charge in [0.2, 0.25) is 0 Å². The van der Waals surface area contributed by atoms with E-state index in [2.05, 4.69) is 17.0 Å². The summed E-state index contributed by atoms with van der Waals surface area (Å²) in [6, 6.07) is 0.616. The summed E-state index contributed by atoms with van der Waals surface area (Å²) in [6.07, 6.45) is 6.24. The maximum absolute atomic E-state index is 11.7. The Kier molecular flexibility index (Phi) is 5.95. The first-order chi connectivity index (χ1) is 6.77. The van der Waals surface area contributed by atoms with Gasteiger partial charge in [0.15, 0.2) is 0 Å². The zero-order valence-corrected chi connectivity index (χ0v) is 12.2. The summed E-state index contributed by atoms with van der Waals surface area (Å²) in [6.45, 7) is 0. The number of amides is 2. The standard InChI is InChI=1S/C9H18N2OSe2/c1-13-11(14-2)9(12)10-8-6-4-3-5-7-8/h8H,3-7H2,1-2H3,(H,10,12). The SMILES string of the molecule is C[Se]N([Se]C)C(=O)NC1CCCCC1. The number of hydrogen-bond donors (Lipinski definition) is 1. The number of nitrogens with one attached hydrogen (secondary N) is 1. The summed E-state index contributed by atoms with van der Waals surface area (Å²) in [7, 11) is 0. The van der Waals surface area contributed by atoms with Crippen molar-refractivity contribution in [3.8, 4) is 0 Å². The molecule has 5 heteroatoms. The molecule has 14 heavy (non-hydrogen) atoms. The fourth-order valence-electron chi connectivity index (χ4n) is 1.71. The quantitative estimate of drug-likeness (QED) is 0.786. The van der Waals surface area contributed by atoms with Crippen molar-refractivity contribution in [1.82, 2.24) is 8.25 Å². The van der Waals surface area contributed by atoms with Gasteiger partial charge < -0.3 is 0 Å². The van der Waals surface area contributed by atoms with Gasteiger partial charge in [-0.1, -0.05) is 0 Å². The van der Waals surface area contributed by atoms with Crippen molar-refractivity contribution in [2.75, 3.05) is 0 Å². The molecule has 0 aromatic rings. The summed E-state index contributed by atoms with van der Waals surface area (Å²) in [5.74, 6) is 4.19. The van der Waals surface area contributed by atoms with Gasteiger partial charge in [-0.2, -0.15) is 0 Å². The summed E-state index contributed by atoms with van der Waals surface area (Å²) < 4.78 is 1.97. The molecule has 0 radical (unpaired) electrons. The molecule has 1 N–H and O–H groups in total. The number of urea groups is 1. The molecule has 0 spiro atoms. The first-order valence-electron chi connectivity index (χ1n) is 4.96. The van der Waals surface area contributed by atoms with E-state index >= 15 is 0 Å². The van der Waals surface area contributed by atoms with Crippen LogP contribution in [-0.4, -0.2) is 45.4 Å². The Morgan fingerprint density at radius 2 is 1.79 bits per heavy atom. The Labute approximate surface area is 99.1 Å². The van der Waals surface area contributed by atoms with Crippen LogP contribution in [0.1, 0.15) is 32.1 Å². The van der Waals surface area contributed by atoms with Crippen LogP contribution in [0.15, 0.2) is 0 Å². The monoisotopic (exact) mass is 330 g/mol. The molecule has 1 saturated carbocycles. The molecule has 1 aliphatic rings. The van der Waals surface area contributed by atoms with Gasteiger partial charge in [0.05, 0.1) is 0 Å². The Hall–Kier alpha value is 0.309. The third-order valence-electron chi connectivity index (χ3n) is 2.43. The Morgan fingerprint density at radius 3 is 2.29 bits per heavy atom. The number of rotatable bonds is 3. The molecule has 3 nitrogen and oxygen atoms in total. The Bertz CT molecular complexity index is 180. The van der Waals surface area contributed by atoms with Gasteiger partial charge in [-0.15, -0.1) is 0 Å². The van der Waals surface area contributed by atoms with Crippen molar-refractivity contribution in [2.24, 2.45) is 0 Å². The average Bonchev–Trinajstić information content (AvgIpc) is 2.21. The van der Waals surface area contributed by atoms with Crippen LogP contribution in [0.25, 0.3) is 0 Å². The summed E-state index contributed by atoms with van der Waals surface area (Å²) in [5, 5.41) is 3.14. The predicted molar refractivity (Wildman–Crippen MR) is 60.5 cm³/mol. The topological polar surface area (TPSA) is 32.3 Å². The van der Waals surface area contributed by atoms with Crippen LogP contribution in [0.5, 0.6) is 0 Å². The van der Waals surface area contributed by atoms with Crippen LogP contribution in [0.4, 0.5) is 4.79 Å². The van der Waals surface area contributed by atoms with Crippen molar-refractivity contribution in [3.05, 3.63) is 0 Å². The average molecular weight is 328 g/mol. The fraction of sp³-hybridized carbons (Fsp3) is 0.889. The molecule has 2 amide bonds. The van der Waals surface area contributed by atoms with Gasteiger partial charge in [0.25, 0.3) is 0 Å². The normalized spacial score (nSPS) is 17.9. The third-order valence-corrected chi connectivity index (χ3v) is 7.77. The first kappa shape index (κ1) is 12.4. The molecule has 82 valence electrons. The number of carbonyl (C=O) groups is 1. The number of hydrogen-bond acceptors (Lipinski definition) is 1. The molecule has 0 aromatic carbocycles. The van der Waals surface area contributed by atoms with Gasteiger partial charge >= 0.3 is 99.2 Å². The van der Waals surface area contributed by atoms with E-state index in [1.807, 2.05) is 2.93 Å². The Morgan fingerprint density at radius 1 is 1.21 bits per heavy atom. The third kappa shape index (κ3) is 3.82. The van der Waals surface area contributed by atoms with Gasteiger partial charge in [-0.25, -0.2) is 0 Å². The molecule has 0 heterocycles. The van der Waals surface area contributed by atoms with Crippen LogP contribution in [0, 0.1) is 0 Å². The van der Waals surface area contributed by atoms with Crippen molar-refractivity contribution >= 4 is 36.4 Å². The van der Waals surface area contributed by atoms with Crippen molar-refractivity contribution < 1.29 is 4.79 Å². The van der Waals surface area contributed by atoms with Gasteiger partial charge in [-0.05, 0) is 0 Å². The van der Waals surface area contributed by atoms with E-state index in [0.29, 0.717) is 36.4 Å². The second-order valence-corrected chi connectivity index (χ2v) is 7.64. The van der Waals surface area contributed by atoms with E-state index in [-0.39, 0.29) is 6.03 Å². The first-order valence-corrected chi connectivity index (χ1v) is 9.92. The molecular formula is C9H18N2OSe2. The molecular weight excluding hydrogens is 310 g/mol. The van der Waals surface area contributed by atoms with Crippen LogP contribution in [-0.2, 0) is 0 Å². The maximum atomic E-state index is 11.7. The van der Waals surface area contributed by atoms with E-state index in [0.717, 1.165) is 0 Å². The van der Waals surface area contributed by atoms with Crippen LogP contribution in [0.2, 0.25) is 11.6 Å². The van der Waals surface area contributed by atoms with Crippen LogP contribution >= 0.6 is 0 Å². The molecule has 0 atom stereocenters. The molecule has 0 aliphatic heterocycles. The van der Waals surface area contributed by atoms with Crippen LogP contribution in [0.3, 0.4) is 0 Å². The molecule has 1 fully saturated rings. The molecule has 1 rings (SSSR count). The second-order valence-electron chi connectivity index (χ2n) is 3.41. The second kappa shape index (κ2) is 6.73. The summed E-state index contributed by atoms with van der Waals surface area (Å²) >= 11 is 0.626. The molecule has 0 aromatic heterocycles. The van der Waals surface area contributed by atoms with E-state index in [1.165, 1.54) is 32.1 Å². The van der Waals surface area contributed by atoms with Gasteiger partial charge in [0, 0.05) is 0 Å². The van der Waals surface area contributed by atoms with Crippen molar-refractivity contribution in [2.45, 2.75) is 49.8 Å². The summed E-state index contributed by atoms with van der Waals surface area (Å²) in [5.41, 5.74) is 0. The number of carbonyl (C=O) groups excluding carboxylic acids is 1. The van der Waals surface area contributed by atoms with Gasteiger partial charge in [0.1, 0.15) is 0 Å². The zero-order chi connectivity index (χ0) is 10.4. The van der Waals surface area contributed by atoms with E-state index in [4.69, 9.17) is 0 Å². The van der Waals surface area contributed by atoms with Gasteiger partial charge in [-0.3, -0.25) is 0 Å². The molecule has 0 unspecified atom stereocenters. The van der Waals surface area contributed by atoms with E-state index < -0.39 is 0 Å². The molecule has 0 saturated heterocycles. The van der Waals surface area contributed by atoms with Crippen molar-refractivity contribution in [3.63, 3.8) is 0 Å². The predicted octanol–water partition coefficient (Wildman–Crippen LogP) is 1.67. The van der Waals surface area contributed by atoms with E-state index in [1.54, 1.807) is 0 Å². The minimum absolute atomic E-state index is 0.168. The number of nitrogens with zero attached hydrogens (tertiary/aromatic N) is 1. The minimum atomic E-state index is 0.168. The van der Waals surface area contributed by atoms with Crippen LogP contribution < -0.4 is 5.32 Å². The van der Waals surface area contributed by atoms with E-state index in [9.17, 15) is 4.79 Å². The molecule has 0 bridgehead atoms.